The lowest BCUT2D eigenvalue weighted by Crippen LogP contribution is -2.51. The van der Waals surface area contributed by atoms with E-state index in [1.165, 1.54) is 31.5 Å². The molecule has 2 aromatic carbocycles. The fourth-order valence-electron chi connectivity index (χ4n) is 5.16. The summed E-state index contributed by atoms with van der Waals surface area (Å²) in [7, 11) is 0. The van der Waals surface area contributed by atoms with Gasteiger partial charge in [0.2, 0.25) is 5.91 Å². The first-order valence-electron chi connectivity index (χ1n) is 11.1. The second-order valence-electron chi connectivity index (χ2n) is 8.54. The van der Waals surface area contributed by atoms with Crippen LogP contribution < -0.4 is 9.80 Å². The molecular weight excluding hydrogens is 379 g/mol. The SMILES string of the molecule is O=C(CCN1CCN2CCCC2C1)N1CCN(c2ccc(F)cc2)c2ccccc21. The molecule has 1 atom stereocenters. The van der Waals surface area contributed by atoms with E-state index in [1.54, 1.807) is 12.1 Å². The van der Waals surface area contributed by atoms with E-state index in [0.717, 1.165) is 43.2 Å². The molecule has 5 rings (SSSR count). The molecule has 2 fully saturated rings. The van der Waals surface area contributed by atoms with Crippen LogP contribution in [0.25, 0.3) is 0 Å². The van der Waals surface area contributed by atoms with Crippen LogP contribution in [0.15, 0.2) is 48.5 Å². The van der Waals surface area contributed by atoms with E-state index >= 15 is 0 Å². The minimum atomic E-state index is -0.237. The fraction of sp³-hybridized carbons (Fsp3) is 0.458. The number of nitrogens with zero attached hydrogens (tertiary/aromatic N) is 4. The Morgan fingerprint density at radius 3 is 2.57 bits per heavy atom. The van der Waals surface area contributed by atoms with E-state index in [9.17, 15) is 9.18 Å². The van der Waals surface area contributed by atoms with Gasteiger partial charge >= 0.3 is 0 Å². The van der Waals surface area contributed by atoms with Crippen molar-refractivity contribution in [1.29, 1.82) is 0 Å². The van der Waals surface area contributed by atoms with Crippen molar-refractivity contribution in [2.45, 2.75) is 25.3 Å². The lowest BCUT2D eigenvalue weighted by atomic mass is 10.1. The number of hydrogen-bond acceptors (Lipinski definition) is 4. The third-order valence-corrected chi connectivity index (χ3v) is 6.76. The summed E-state index contributed by atoms with van der Waals surface area (Å²) in [6.45, 7) is 6.73. The van der Waals surface area contributed by atoms with Crippen LogP contribution in [0.4, 0.5) is 21.5 Å². The van der Waals surface area contributed by atoms with Crippen molar-refractivity contribution in [2.75, 3.05) is 55.6 Å². The Hall–Kier alpha value is -2.44. The number of amides is 1. The van der Waals surface area contributed by atoms with Crippen molar-refractivity contribution in [3.05, 3.63) is 54.3 Å². The molecule has 6 heteroatoms. The summed E-state index contributed by atoms with van der Waals surface area (Å²) >= 11 is 0. The molecule has 0 spiro atoms. The fourth-order valence-corrected chi connectivity index (χ4v) is 5.16. The first kappa shape index (κ1) is 19.5. The van der Waals surface area contributed by atoms with Gasteiger partial charge in [0, 0.05) is 57.4 Å². The molecule has 0 aliphatic carbocycles. The molecule has 3 aliphatic heterocycles. The Bertz CT molecular complexity index is 902. The number of benzene rings is 2. The van der Waals surface area contributed by atoms with Crippen LogP contribution in [-0.4, -0.2) is 67.6 Å². The van der Waals surface area contributed by atoms with Crippen LogP contribution in [0.5, 0.6) is 0 Å². The molecule has 2 saturated heterocycles. The smallest absolute Gasteiger partial charge is 0.228 e. The van der Waals surface area contributed by atoms with E-state index in [1.807, 2.05) is 29.2 Å². The maximum absolute atomic E-state index is 13.3. The van der Waals surface area contributed by atoms with Crippen LogP contribution in [0, 0.1) is 5.82 Å². The van der Waals surface area contributed by atoms with E-state index < -0.39 is 0 Å². The summed E-state index contributed by atoms with van der Waals surface area (Å²) in [6, 6.07) is 15.3. The largest absolute Gasteiger partial charge is 0.338 e. The number of carbonyl (C=O) groups is 1. The van der Waals surface area contributed by atoms with Gasteiger partial charge in [-0.05, 0) is 55.8 Å². The van der Waals surface area contributed by atoms with E-state index in [0.29, 0.717) is 25.6 Å². The van der Waals surface area contributed by atoms with Crippen LogP contribution in [0.3, 0.4) is 0 Å². The Labute approximate surface area is 177 Å². The Morgan fingerprint density at radius 1 is 0.933 bits per heavy atom. The summed E-state index contributed by atoms with van der Waals surface area (Å²) < 4.78 is 13.3. The molecule has 0 aromatic heterocycles. The highest BCUT2D eigenvalue weighted by molar-refractivity contribution is 5.98. The zero-order valence-electron chi connectivity index (χ0n) is 17.3. The van der Waals surface area contributed by atoms with Gasteiger partial charge in [-0.15, -0.1) is 0 Å². The van der Waals surface area contributed by atoms with Crippen molar-refractivity contribution in [2.24, 2.45) is 0 Å². The number of hydrogen-bond donors (Lipinski definition) is 0. The van der Waals surface area contributed by atoms with Gasteiger partial charge in [-0.3, -0.25) is 14.6 Å². The number of carbonyl (C=O) groups excluding carboxylic acids is 1. The molecule has 1 unspecified atom stereocenters. The molecule has 30 heavy (non-hydrogen) atoms. The highest BCUT2D eigenvalue weighted by atomic mass is 19.1. The number of anilines is 3. The van der Waals surface area contributed by atoms with Crippen molar-refractivity contribution in [3.63, 3.8) is 0 Å². The lowest BCUT2D eigenvalue weighted by Gasteiger charge is -2.39. The second kappa shape index (κ2) is 8.36. The molecule has 5 nitrogen and oxygen atoms in total. The summed E-state index contributed by atoms with van der Waals surface area (Å²) in [6.07, 6.45) is 3.16. The van der Waals surface area contributed by atoms with Crippen LogP contribution in [0.1, 0.15) is 19.3 Å². The van der Waals surface area contributed by atoms with E-state index in [2.05, 4.69) is 14.7 Å². The number of para-hydroxylation sites is 2. The third kappa shape index (κ3) is 3.82. The van der Waals surface area contributed by atoms with Crippen LogP contribution in [-0.2, 0) is 4.79 Å². The van der Waals surface area contributed by atoms with Crippen molar-refractivity contribution >= 4 is 23.0 Å². The second-order valence-corrected chi connectivity index (χ2v) is 8.54. The standard InChI is InChI=1S/C24H29FN4O/c25-19-7-9-20(10-8-19)28-16-17-29(23-6-2-1-5-22(23)28)24(30)11-13-26-14-15-27-12-3-4-21(27)18-26/h1-2,5-10,21H,3-4,11-18H2. The molecule has 0 saturated carbocycles. The van der Waals surface area contributed by atoms with Crippen molar-refractivity contribution in [1.82, 2.24) is 9.80 Å². The number of fused-ring (bicyclic) bond motifs is 2. The first-order valence-corrected chi connectivity index (χ1v) is 11.1. The Morgan fingerprint density at radius 2 is 1.73 bits per heavy atom. The maximum atomic E-state index is 13.3. The molecule has 158 valence electrons. The Balaban J connectivity index is 1.27. The minimum Gasteiger partial charge on any atom is -0.338 e. The Kier molecular flexibility index (Phi) is 5.44. The molecule has 3 aliphatic rings. The number of piperazine rings is 1. The van der Waals surface area contributed by atoms with Gasteiger partial charge in [0.1, 0.15) is 5.82 Å². The summed E-state index contributed by atoms with van der Waals surface area (Å²) in [5, 5.41) is 0. The van der Waals surface area contributed by atoms with Crippen molar-refractivity contribution < 1.29 is 9.18 Å². The first-order chi connectivity index (χ1) is 14.7. The topological polar surface area (TPSA) is 30.0 Å². The number of rotatable bonds is 4. The predicted octanol–water partition coefficient (Wildman–Crippen LogP) is 3.48. The summed E-state index contributed by atoms with van der Waals surface area (Å²) in [4.78, 5) is 22.3. The van der Waals surface area contributed by atoms with Gasteiger partial charge in [0.05, 0.1) is 11.4 Å². The van der Waals surface area contributed by atoms with Gasteiger partial charge in [-0.1, -0.05) is 12.1 Å². The average Bonchev–Trinajstić information content (AvgIpc) is 3.25. The van der Waals surface area contributed by atoms with Gasteiger partial charge in [-0.25, -0.2) is 4.39 Å². The van der Waals surface area contributed by atoms with Crippen LogP contribution in [0.2, 0.25) is 0 Å². The van der Waals surface area contributed by atoms with Gasteiger partial charge in [0.25, 0.3) is 0 Å². The van der Waals surface area contributed by atoms with E-state index in [4.69, 9.17) is 0 Å². The number of halogens is 1. The average molecular weight is 409 g/mol. The quantitative estimate of drug-likeness (QED) is 0.775. The highest BCUT2D eigenvalue weighted by Gasteiger charge is 2.31. The minimum absolute atomic E-state index is 0.190. The monoisotopic (exact) mass is 408 g/mol. The molecule has 1 amide bonds. The van der Waals surface area contributed by atoms with E-state index in [-0.39, 0.29) is 11.7 Å². The van der Waals surface area contributed by atoms with Gasteiger partial charge in [-0.2, -0.15) is 0 Å². The molecule has 3 heterocycles. The predicted molar refractivity (Wildman–Crippen MR) is 118 cm³/mol. The molecular formula is C24H29FN4O. The lowest BCUT2D eigenvalue weighted by molar-refractivity contribution is -0.119. The van der Waals surface area contributed by atoms with Crippen molar-refractivity contribution in [3.8, 4) is 0 Å². The zero-order valence-corrected chi connectivity index (χ0v) is 17.3. The molecule has 0 N–H and O–H groups in total. The third-order valence-electron chi connectivity index (χ3n) is 6.76. The summed E-state index contributed by atoms with van der Waals surface area (Å²) in [5.41, 5.74) is 2.90. The highest BCUT2D eigenvalue weighted by Crippen LogP contribution is 2.37. The maximum Gasteiger partial charge on any atom is 0.228 e. The van der Waals surface area contributed by atoms with Gasteiger partial charge in [0.15, 0.2) is 0 Å². The normalized spacial score (nSPS) is 22.1. The molecule has 2 aromatic rings. The van der Waals surface area contributed by atoms with Gasteiger partial charge < -0.3 is 9.80 Å². The molecule has 0 radical (unpaired) electrons. The summed E-state index contributed by atoms with van der Waals surface area (Å²) in [5.74, 6) is -0.0469. The van der Waals surface area contributed by atoms with Crippen LogP contribution >= 0.6 is 0 Å². The molecule has 0 bridgehead atoms. The zero-order chi connectivity index (χ0) is 20.5.